The average molecular weight is 386 g/mol. The average Bonchev–Trinajstić information content (AvgIpc) is 2.95. The number of carbonyl (C=O) groups is 1. The molecule has 0 atom stereocenters. The number of alkyl halides is 2. The molecule has 0 aliphatic carbocycles. The van der Waals surface area contributed by atoms with Gasteiger partial charge in [-0.2, -0.15) is 0 Å². The van der Waals surface area contributed by atoms with Gasteiger partial charge in [-0.3, -0.25) is 15.0 Å². The summed E-state index contributed by atoms with van der Waals surface area (Å²) in [6.45, 7) is -0.137. The molecule has 1 aliphatic rings. The smallest absolute Gasteiger partial charge is 0.296 e. The Morgan fingerprint density at radius 3 is 2.58 bits per heavy atom. The van der Waals surface area contributed by atoms with E-state index in [0.717, 1.165) is 5.56 Å². The lowest BCUT2D eigenvalue weighted by atomic mass is 10.2. The first-order valence-electron chi connectivity index (χ1n) is 7.58. The molecule has 1 aliphatic heterocycles. The van der Waals surface area contributed by atoms with Gasteiger partial charge in [-0.25, -0.2) is 13.8 Å². The maximum Gasteiger partial charge on any atom is 0.296 e. The van der Waals surface area contributed by atoms with Gasteiger partial charge in [0.15, 0.2) is 0 Å². The molecule has 2 heterocycles. The SMILES string of the molecule is C.Cl.O=C(c1cc(N2CCC(F)(F)C2)ccn1)N(O)Cc1ccccc1. The molecular weight excluding hydrogens is 364 g/mol. The van der Waals surface area contributed by atoms with E-state index in [4.69, 9.17) is 0 Å². The number of benzene rings is 1. The zero-order valence-electron chi connectivity index (χ0n) is 13.3. The van der Waals surface area contributed by atoms with Crippen LogP contribution in [0.25, 0.3) is 0 Å². The van der Waals surface area contributed by atoms with E-state index in [1.165, 1.54) is 17.2 Å². The zero-order chi connectivity index (χ0) is 17.2. The second-order valence-corrected chi connectivity index (χ2v) is 5.78. The lowest BCUT2D eigenvalue weighted by molar-refractivity contribution is -0.0652. The van der Waals surface area contributed by atoms with E-state index in [9.17, 15) is 18.8 Å². The quantitative estimate of drug-likeness (QED) is 0.638. The van der Waals surface area contributed by atoms with E-state index < -0.39 is 11.8 Å². The van der Waals surface area contributed by atoms with Crippen LogP contribution in [0, 0.1) is 0 Å². The van der Waals surface area contributed by atoms with Crippen molar-refractivity contribution < 1.29 is 18.8 Å². The maximum absolute atomic E-state index is 13.3. The van der Waals surface area contributed by atoms with E-state index in [1.54, 1.807) is 30.3 Å². The monoisotopic (exact) mass is 385 g/mol. The Labute approximate surface area is 157 Å². The Kier molecular flexibility index (Phi) is 7.47. The number of hydrogen-bond donors (Lipinski definition) is 1. The number of amides is 1. The lowest BCUT2D eigenvalue weighted by Crippen LogP contribution is -2.28. The summed E-state index contributed by atoms with van der Waals surface area (Å²) in [5.74, 6) is -3.39. The van der Waals surface area contributed by atoms with Crippen molar-refractivity contribution in [3.05, 3.63) is 59.9 Å². The summed E-state index contributed by atoms with van der Waals surface area (Å²) in [6, 6.07) is 12.0. The van der Waals surface area contributed by atoms with E-state index in [-0.39, 0.29) is 51.6 Å². The summed E-state index contributed by atoms with van der Waals surface area (Å²) in [5, 5.41) is 10.5. The maximum atomic E-state index is 13.3. The molecule has 1 N–H and O–H groups in total. The molecule has 26 heavy (non-hydrogen) atoms. The van der Waals surface area contributed by atoms with Crippen molar-refractivity contribution in [2.45, 2.75) is 26.3 Å². The van der Waals surface area contributed by atoms with Gasteiger partial charge in [0.05, 0.1) is 13.1 Å². The zero-order valence-corrected chi connectivity index (χ0v) is 14.1. The summed E-state index contributed by atoms with van der Waals surface area (Å²) in [7, 11) is 0. The second kappa shape index (κ2) is 8.91. The van der Waals surface area contributed by atoms with Gasteiger partial charge < -0.3 is 4.90 Å². The molecule has 5 nitrogen and oxygen atoms in total. The van der Waals surface area contributed by atoms with Crippen LogP contribution in [0.1, 0.15) is 29.9 Å². The van der Waals surface area contributed by atoms with E-state index in [2.05, 4.69) is 4.98 Å². The molecule has 0 bridgehead atoms. The van der Waals surface area contributed by atoms with Gasteiger partial charge in [0, 0.05) is 24.8 Å². The summed E-state index contributed by atoms with van der Waals surface area (Å²) in [4.78, 5) is 17.7. The highest BCUT2D eigenvalue weighted by Gasteiger charge is 2.38. The number of rotatable bonds is 4. The molecular formula is C18H22ClF2N3O2. The molecule has 0 spiro atoms. The Balaban J connectivity index is 0.00000169. The van der Waals surface area contributed by atoms with Crippen LogP contribution < -0.4 is 4.90 Å². The van der Waals surface area contributed by atoms with Gasteiger partial charge in [0.2, 0.25) is 0 Å². The first-order valence-corrected chi connectivity index (χ1v) is 7.58. The van der Waals surface area contributed by atoms with Crippen LogP contribution in [0.3, 0.4) is 0 Å². The Morgan fingerprint density at radius 2 is 1.96 bits per heavy atom. The van der Waals surface area contributed by atoms with Gasteiger partial charge >= 0.3 is 0 Å². The van der Waals surface area contributed by atoms with Crippen LogP contribution in [-0.2, 0) is 6.54 Å². The molecule has 142 valence electrons. The molecule has 0 radical (unpaired) electrons. The van der Waals surface area contributed by atoms with Crippen LogP contribution in [0.4, 0.5) is 14.5 Å². The first-order chi connectivity index (χ1) is 11.4. The number of anilines is 1. The second-order valence-electron chi connectivity index (χ2n) is 5.78. The molecule has 1 saturated heterocycles. The molecule has 1 fully saturated rings. The highest BCUT2D eigenvalue weighted by Crippen LogP contribution is 2.30. The van der Waals surface area contributed by atoms with Crippen molar-refractivity contribution in [3.8, 4) is 0 Å². The van der Waals surface area contributed by atoms with E-state index in [0.29, 0.717) is 10.8 Å². The van der Waals surface area contributed by atoms with Gasteiger partial charge in [-0.1, -0.05) is 37.8 Å². The predicted molar refractivity (Wildman–Crippen MR) is 98.1 cm³/mol. The number of nitrogens with zero attached hydrogens (tertiary/aromatic N) is 3. The number of aromatic nitrogens is 1. The van der Waals surface area contributed by atoms with Gasteiger partial charge in [-0.05, 0) is 17.7 Å². The van der Waals surface area contributed by atoms with Crippen LogP contribution in [-0.4, -0.2) is 40.2 Å². The van der Waals surface area contributed by atoms with Crippen LogP contribution >= 0.6 is 12.4 Å². The van der Waals surface area contributed by atoms with Crippen molar-refractivity contribution >= 4 is 24.0 Å². The fourth-order valence-corrected chi connectivity index (χ4v) is 2.65. The molecule has 0 unspecified atom stereocenters. The molecule has 8 heteroatoms. The Hall–Kier alpha value is -2.25. The number of carbonyl (C=O) groups excluding carboxylic acids is 1. The van der Waals surface area contributed by atoms with Gasteiger partial charge in [-0.15, -0.1) is 12.4 Å². The molecule has 0 saturated carbocycles. The molecule has 1 aromatic carbocycles. The third kappa shape index (κ3) is 5.12. The van der Waals surface area contributed by atoms with Crippen molar-refractivity contribution in [2.24, 2.45) is 0 Å². The molecule has 1 aromatic heterocycles. The number of hydrogen-bond acceptors (Lipinski definition) is 4. The van der Waals surface area contributed by atoms with Crippen LogP contribution in [0.15, 0.2) is 48.7 Å². The fourth-order valence-electron chi connectivity index (χ4n) is 2.65. The van der Waals surface area contributed by atoms with Gasteiger partial charge in [0.1, 0.15) is 5.69 Å². The molecule has 1 amide bonds. The number of hydroxylamine groups is 2. The number of pyridine rings is 1. The van der Waals surface area contributed by atoms with E-state index >= 15 is 0 Å². The van der Waals surface area contributed by atoms with Crippen LogP contribution in [0.2, 0.25) is 0 Å². The molecule has 3 rings (SSSR count). The first kappa shape index (κ1) is 21.8. The lowest BCUT2D eigenvalue weighted by Gasteiger charge is -2.19. The highest BCUT2D eigenvalue weighted by molar-refractivity contribution is 5.92. The standard InChI is InChI=1S/C17H17F2N3O2.CH4.ClH/c18-17(19)7-9-21(12-17)14-6-8-20-15(10-14)16(23)22(24)11-13-4-2-1-3-5-13;;/h1-6,8,10,24H,7,9,11-12H2;1H4;1H. The van der Waals surface area contributed by atoms with Crippen LogP contribution in [0.5, 0.6) is 0 Å². The summed E-state index contributed by atoms with van der Waals surface area (Å²) >= 11 is 0. The Bertz CT molecular complexity index is 731. The third-order valence-electron chi connectivity index (χ3n) is 3.91. The summed E-state index contributed by atoms with van der Waals surface area (Å²) in [5.41, 5.74) is 1.28. The minimum atomic E-state index is -2.72. The minimum absolute atomic E-state index is 0. The Morgan fingerprint density at radius 1 is 1.27 bits per heavy atom. The van der Waals surface area contributed by atoms with Crippen molar-refractivity contribution in [1.29, 1.82) is 0 Å². The minimum Gasteiger partial charge on any atom is -0.365 e. The summed E-state index contributed by atoms with van der Waals surface area (Å²) < 4.78 is 26.7. The fraction of sp³-hybridized carbons (Fsp3) is 0.333. The van der Waals surface area contributed by atoms with Gasteiger partial charge in [0.25, 0.3) is 11.8 Å². The summed E-state index contributed by atoms with van der Waals surface area (Å²) in [6.07, 6.45) is 1.17. The van der Waals surface area contributed by atoms with E-state index in [1.807, 2.05) is 6.07 Å². The van der Waals surface area contributed by atoms with Crippen molar-refractivity contribution in [1.82, 2.24) is 10.0 Å². The normalized spacial score (nSPS) is 15.0. The molecule has 2 aromatic rings. The van der Waals surface area contributed by atoms with Crippen molar-refractivity contribution in [3.63, 3.8) is 0 Å². The third-order valence-corrected chi connectivity index (χ3v) is 3.91. The topological polar surface area (TPSA) is 56.7 Å². The highest BCUT2D eigenvalue weighted by atomic mass is 35.5. The predicted octanol–water partition coefficient (Wildman–Crippen LogP) is 4.02. The largest absolute Gasteiger partial charge is 0.365 e. The number of halogens is 3. The van der Waals surface area contributed by atoms with Crippen molar-refractivity contribution in [2.75, 3.05) is 18.0 Å².